The molecule has 2 aromatic carbocycles. The molecule has 0 saturated heterocycles. The lowest BCUT2D eigenvalue weighted by Crippen LogP contribution is -2.40. The maximum Gasteiger partial charge on any atom is 0.338 e. The number of nitrogens with zero attached hydrogens (tertiary/aromatic N) is 4. The number of methoxy groups -OCH3 is 1. The van der Waals surface area contributed by atoms with Gasteiger partial charge in [-0.3, -0.25) is 14.2 Å². The molecule has 0 amide bonds. The van der Waals surface area contributed by atoms with Gasteiger partial charge in [0, 0.05) is 18.7 Å². The summed E-state index contributed by atoms with van der Waals surface area (Å²) in [4.78, 5) is 45.3. The predicted molar refractivity (Wildman–Crippen MR) is 172 cm³/mol. The van der Waals surface area contributed by atoms with Gasteiger partial charge in [0.2, 0.25) is 0 Å². The van der Waals surface area contributed by atoms with E-state index in [1.807, 2.05) is 60.1 Å². The molecule has 45 heavy (non-hydrogen) atoms. The van der Waals surface area contributed by atoms with Crippen molar-refractivity contribution in [3.63, 3.8) is 0 Å². The molecule has 0 aliphatic carbocycles. The Kier molecular flexibility index (Phi) is 8.33. The zero-order chi connectivity index (χ0) is 31.7. The van der Waals surface area contributed by atoms with Crippen LogP contribution in [0.25, 0.3) is 22.3 Å². The number of benzene rings is 2. The van der Waals surface area contributed by atoms with Crippen LogP contribution >= 0.6 is 22.7 Å². The molecule has 10 nitrogen and oxygen atoms in total. The van der Waals surface area contributed by atoms with Crippen LogP contribution in [0.15, 0.2) is 93.3 Å². The maximum atomic E-state index is 14.3. The minimum atomic E-state index is -0.869. The summed E-state index contributed by atoms with van der Waals surface area (Å²) in [6.07, 6.45) is 3.71. The summed E-state index contributed by atoms with van der Waals surface area (Å²) in [5, 5.41) is 6.84. The molecule has 12 heteroatoms. The largest absolute Gasteiger partial charge is 0.493 e. The number of esters is 2. The highest BCUT2D eigenvalue weighted by molar-refractivity contribution is 7.13. The number of aromatic nitrogens is 3. The first kappa shape index (κ1) is 30.0. The average Bonchev–Trinajstić information content (AvgIpc) is 3.77. The van der Waals surface area contributed by atoms with Crippen LogP contribution in [0.2, 0.25) is 0 Å². The van der Waals surface area contributed by atoms with E-state index in [1.54, 1.807) is 48.1 Å². The lowest BCUT2D eigenvalue weighted by molar-refractivity contribution is -0.139. The van der Waals surface area contributed by atoms with Crippen LogP contribution in [0.4, 0.5) is 0 Å². The van der Waals surface area contributed by atoms with E-state index in [2.05, 4.69) is 4.99 Å². The second-order valence-electron chi connectivity index (χ2n) is 10.00. The Balaban J connectivity index is 1.55. The smallest absolute Gasteiger partial charge is 0.338 e. The van der Waals surface area contributed by atoms with Crippen molar-refractivity contribution >= 4 is 40.7 Å². The molecule has 0 fully saturated rings. The van der Waals surface area contributed by atoms with Crippen molar-refractivity contribution in [2.45, 2.75) is 26.8 Å². The Hall–Kier alpha value is -5.07. The molecule has 0 saturated carbocycles. The first-order chi connectivity index (χ1) is 21.8. The normalized spacial score (nSPS) is 14.6. The summed E-state index contributed by atoms with van der Waals surface area (Å²) >= 11 is 2.79. The van der Waals surface area contributed by atoms with E-state index in [4.69, 9.17) is 19.3 Å². The van der Waals surface area contributed by atoms with Gasteiger partial charge in [0.15, 0.2) is 16.3 Å². The zero-order valence-corrected chi connectivity index (χ0v) is 26.5. The van der Waals surface area contributed by atoms with Crippen LogP contribution < -0.4 is 24.4 Å². The molecule has 1 unspecified atom stereocenters. The molecule has 0 radical (unpaired) electrons. The molecule has 0 bridgehead atoms. The molecule has 3 aromatic heterocycles. The lowest BCUT2D eigenvalue weighted by Gasteiger charge is -2.25. The lowest BCUT2D eigenvalue weighted by atomic mass is 9.95. The number of allylic oxidation sites excluding steroid dienone is 1. The van der Waals surface area contributed by atoms with Crippen molar-refractivity contribution < 1.29 is 23.8 Å². The third kappa shape index (κ3) is 5.77. The second-order valence-corrected chi connectivity index (χ2v) is 12.0. The number of thiophene rings is 1. The molecule has 0 N–H and O–H groups in total. The SMILES string of the molecule is CCOC(=O)C1=C(C)N=c2sc(=Cc3cn(-c4ccccc4)nc3-c3cccs3)c(=O)n2C1c1ccc(OC(C)=O)c(OC)c1. The molecule has 6 rings (SSSR count). The molecule has 1 aliphatic rings. The molecule has 4 heterocycles. The number of thiazole rings is 1. The van der Waals surface area contributed by atoms with Crippen LogP contribution in [-0.4, -0.2) is 40.0 Å². The van der Waals surface area contributed by atoms with Crippen LogP contribution in [0, 0.1) is 0 Å². The van der Waals surface area contributed by atoms with Crippen molar-refractivity contribution in [1.29, 1.82) is 0 Å². The van der Waals surface area contributed by atoms with E-state index in [0.29, 0.717) is 20.6 Å². The van der Waals surface area contributed by atoms with Gasteiger partial charge in [-0.1, -0.05) is 41.7 Å². The quantitative estimate of drug-likeness (QED) is 0.179. The summed E-state index contributed by atoms with van der Waals surface area (Å²) in [5.41, 5.74) is 3.29. The number of rotatable bonds is 8. The number of hydrogen-bond donors (Lipinski definition) is 0. The van der Waals surface area contributed by atoms with Gasteiger partial charge in [-0.2, -0.15) is 5.10 Å². The van der Waals surface area contributed by atoms with E-state index in [0.717, 1.165) is 21.8 Å². The minimum absolute atomic E-state index is 0.151. The number of carbonyl (C=O) groups is 2. The van der Waals surface area contributed by atoms with Crippen LogP contribution in [0.5, 0.6) is 11.5 Å². The minimum Gasteiger partial charge on any atom is -0.493 e. The fourth-order valence-electron chi connectivity index (χ4n) is 5.15. The maximum absolute atomic E-state index is 14.3. The third-order valence-electron chi connectivity index (χ3n) is 7.08. The zero-order valence-electron chi connectivity index (χ0n) is 24.8. The number of fused-ring (bicyclic) bond motifs is 1. The van der Waals surface area contributed by atoms with Crippen LogP contribution in [0.3, 0.4) is 0 Å². The Morgan fingerprint density at radius 3 is 2.56 bits per heavy atom. The Morgan fingerprint density at radius 2 is 1.87 bits per heavy atom. The van der Waals surface area contributed by atoms with Crippen molar-refractivity contribution in [3.05, 3.63) is 114 Å². The first-order valence-electron chi connectivity index (χ1n) is 14.0. The van der Waals surface area contributed by atoms with E-state index in [1.165, 1.54) is 29.9 Å². The third-order valence-corrected chi connectivity index (χ3v) is 8.94. The van der Waals surface area contributed by atoms with Gasteiger partial charge in [0.25, 0.3) is 5.56 Å². The first-order valence-corrected chi connectivity index (χ1v) is 15.7. The van der Waals surface area contributed by atoms with Gasteiger partial charge in [0.05, 0.1) is 46.1 Å². The molecule has 1 atom stereocenters. The average molecular weight is 641 g/mol. The summed E-state index contributed by atoms with van der Waals surface area (Å²) in [7, 11) is 1.45. The second kappa shape index (κ2) is 12.5. The van der Waals surface area contributed by atoms with Crippen LogP contribution in [-0.2, 0) is 14.3 Å². The highest BCUT2D eigenvalue weighted by Gasteiger charge is 2.34. The molecule has 5 aromatic rings. The van der Waals surface area contributed by atoms with Gasteiger partial charge in [-0.15, -0.1) is 11.3 Å². The van der Waals surface area contributed by atoms with Gasteiger partial charge < -0.3 is 14.2 Å². The highest BCUT2D eigenvalue weighted by Crippen LogP contribution is 2.36. The molecule has 228 valence electrons. The van der Waals surface area contributed by atoms with Crippen LogP contribution in [0.1, 0.15) is 37.9 Å². The standard InChI is InChI=1S/C33H28N4O6S2/c1-5-42-32(40)28-19(2)34-33-37(30(28)21-13-14-24(43-20(3)38)25(16-21)41-4)31(39)27(45-33)17-22-18-36(23-10-7-6-8-11-23)35-29(22)26-12-9-15-44-26/h6-18,30H,5H2,1-4H3. The van der Waals surface area contributed by atoms with Gasteiger partial charge >= 0.3 is 11.9 Å². The van der Waals surface area contributed by atoms with E-state index in [9.17, 15) is 14.4 Å². The number of carbonyl (C=O) groups excluding carboxylic acids is 2. The highest BCUT2D eigenvalue weighted by atomic mass is 32.1. The Morgan fingerprint density at radius 1 is 1.07 bits per heavy atom. The Bertz CT molecular complexity index is 2120. The topological polar surface area (TPSA) is 114 Å². The summed E-state index contributed by atoms with van der Waals surface area (Å²) in [6.45, 7) is 4.89. The molecular formula is C33H28N4O6S2. The fourth-order valence-corrected chi connectivity index (χ4v) is 6.92. The number of hydrogen-bond acceptors (Lipinski definition) is 10. The van der Waals surface area contributed by atoms with Gasteiger partial charge in [-0.25, -0.2) is 14.5 Å². The Labute approximate surface area is 265 Å². The number of para-hydroxylation sites is 1. The molecule has 1 aliphatic heterocycles. The van der Waals surface area contributed by atoms with E-state index >= 15 is 0 Å². The fraction of sp³-hybridized carbons (Fsp3) is 0.182. The van der Waals surface area contributed by atoms with Gasteiger partial charge in [-0.05, 0) is 61.2 Å². The van der Waals surface area contributed by atoms with Crippen molar-refractivity contribution in [1.82, 2.24) is 14.3 Å². The van der Waals surface area contributed by atoms with Gasteiger partial charge in [0.1, 0.15) is 5.69 Å². The van der Waals surface area contributed by atoms with Crippen molar-refractivity contribution in [3.8, 4) is 27.8 Å². The van der Waals surface area contributed by atoms with Crippen molar-refractivity contribution in [2.75, 3.05) is 13.7 Å². The summed E-state index contributed by atoms with van der Waals surface area (Å²) < 4.78 is 19.9. The van der Waals surface area contributed by atoms with E-state index < -0.39 is 18.0 Å². The van der Waals surface area contributed by atoms with E-state index in [-0.39, 0.29) is 29.2 Å². The summed E-state index contributed by atoms with van der Waals surface area (Å²) in [5.74, 6) is -0.590. The van der Waals surface area contributed by atoms with Crippen molar-refractivity contribution in [2.24, 2.45) is 4.99 Å². The molecule has 0 spiro atoms. The number of ether oxygens (including phenoxy) is 3. The summed E-state index contributed by atoms with van der Waals surface area (Å²) in [6, 6.07) is 17.7. The monoisotopic (exact) mass is 640 g/mol. The molecular weight excluding hydrogens is 613 g/mol. The predicted octanol–water partition coefficient (Wildman–Crippen LogP) is 4.65.